The van der Waals surface area contributed by atoms with E-state index in [-0.39, 0.29) is 23.4 Å². The largest absolute Gasteiger partial charge is 0.379 e. The molecule has 0 spiro atoms. The minimum atomic E-state index is -0.270. The summed E-state index contributed by atoms with van der Waals surface area (Å²) in [6.07, 6.45) is 5.23. The molecule has 2 N–H and O–H groups in total. The molecule has 1 fully saturated rings. The molecule has 0 bridgehead atoms. The Morgan fingerprint density at radius 3 is 2.96 bits per heavy atom. The molecular weight excluding hydrogens is 324 g/mol. The topological polar surface area (TPSA) is 113 Å². The van der Waals surface area contributed by atoms with Crippen LogP contribution in [0.15, 0.2) is 24.7 Å². The van der Waals surface area contributed by atoms with Gasteiger partial charge in [-0.25, -0.2) is 4.98 Å². The SMILES string of the molecule is CNC(=O)c1cnc(C[C@H]2COCCN(C(=O)c3ccn[nH]3)C2)cn1. The van der Waals surface area contributed by atoms with Crippen LogP contribution < -0.4 is 5.32 Å². The van der Waals surface area contributed by atoms with Gasteiger partial charge in [-0.15, -0.1) is 0 Å². The van der Waals surface area contributed by atoms with Crippen LogP contribution in [-0.2, 0) is 11.2 Å². The Labute approximate surface area is 144 Å². The van der Waals surface area contributed by atoms with E-state index in [0.717, 1.165) is 5.69 Å². The third-order valence-electron chi connectivity index (χ3n) is 4.02. The van der Waals surface area contributed by atoms with Gasteiger partial charge in [-0.05, 0) is 12.5 Å². The lowest BCUT2D eigenvalue weighted by atomic mass is 10.0. The van der Waals surface area contributed by atoms with Crippen molar-refractivity contribution in [2.75, 3.05) is 33.4 Å². The van der Waals surface area contributed by atoms with Gasteiger partial charge in [0.05, 0.1) is 25.1 Å². The Morgan fingerprint density at radius 1 is 1.40 bits per heavy atom. The van der Waals surface area contributed by atoms with Gasteiger partial charge in [0.2, 0.25) is 0 Å². The van der Waals surface area contributed by atoms with Crippen molar-refractivity contribution >= 4 is 11.8 Å². The zero-order valence-electron chi connectivity index (χ0n) is 13.9. The minimum Gasteiger partial charge on any atom is -0.379 e. The average molecular weight is 344 g/mol. The summed E-state index contributed by atoms with van der Waals surface area (Å²) in [6.45, 7) is 2.15. The molecule has 1 aliphatic rings. The van der Waals surface area contributed by atoms with E-state index in [4.69, 9.17) is 4.74 Å². The maximum Gasteiger partial charge on any atom is 0.271 e. The number of hydrogen-bond donors (Lipinski definition) is 2. The summed E-state index contributed by atoms with van der Waals surface area (Å²) >= 11 is 0. The minimum absolute atomic E-state index is 0.0888. The maximum absolute atomic E-state index is 12.5. The lowest BCUT2D eigenvalue weighted by Crippen LogP contribution is -2.36. The van der Waals surface area contributed by atoms with Crippen LogP contribution in [0.3, 0.4) is 0 Å². The van der Waals surface area contributed by atoms with Crippen molar-refractivity contribution in [2.45, 2.75) is 6.42 Å². The van der Waals surface area contributed by atoms with Crippen LogP contribution in [-0.4, -0.2) is 70.2 Å². The normalized spacial score (nSPS) is 17.8. The number of H-pyrrole nitrogens is 1. The summed E-state index contributed by atoms with van der Waals surface area (Å²) in [5.41, 5.74) is 1.51. The summed E-state index contributed by atoms with van der Waals surface area (Å²) < 4.78 is 5.62. The van der Waals surface area contributed by atoms with Gasteiger partial charge >= 0.3 is 0 Å². The first kappa shape index (κ1) is 17.0. The summed E-state index contributed by atoms with van der Waals surface area (Å²) in [6, 6.07) is 1.66. The van der Waals surface area contributed by atoms with Gasteiger partial charge in [-0.2, -0.15) is 5.10 Å². The number of amides is 2. The second-order valence-electron chi connectivity index (χ2n) is 5.84. The molecule has 0 radical (unpaired) electrons. The monoisotopic (exact) mass is 344 g/mol. The second-order valence-corrected chi connectivity index (χ2v) is 5.84. The highest BCUT2D eigenvalue weighted by atomic mass is 16.5. The number of rotatable bonds is 4. The third-order valence-corrected chi connectivity index (χ3v) is 4.02. The van der Waals surface area contributed by atoms with Crippen molar-refractivity contribution in [3.63, 3.8) is 0 Å². The van der Waals surface area contributed by atoms with Gasteiger partial charge in [-0.3, -0.25) is 19.7 Å². The number of nitrogens with zero attached hydrogens (tertiary/aromatic N) is 4. The van der Waals surface area contributed by atoms with Crippen molar-refractivity contribution in [1.82, 2.24) is 30.4 Å². The van der Waals surface area contributed by atoms with Gasteiger partial charge in [0.25, 0.3) is 11.8 Å². The van der Waals surface area contributed by atoms with Gasteiger partial charge < -0.3 is 15.0 Å². The lowest BCUT2D eigenvalue weighted by molar-refractivity contribution is 0.0731. The highest BCUT2D eigenvalue weighted by Gasteiger charge is 2.24. The Kier molecular flexibility index (Phi) is 5.34. The molecule has 9 heteroatoms. The average Bonchev–Trinajstić information content (AvgIpc) is 3.08. The summed E-state index contributed by atoms with van der Waals surface area (Å²) in [4.78, 5) is 34.2. The number of aromatic amines is 1. The van der Waals surface area contributed by atoms with Crippen molar-refractivity contribution in [2.24, 2.45) is 5.92 Å². The van der Waals surface area contributed by atoms with E-state index in [0.29, 0.717) is 38.4 Å². The van der Waals surface area contributed by atoms with Crippen molar-refractivity contribution in [1.29, 1.82) is 0 Å². The predicted octanol–water partition coefficient (Wildman–Crippen LogP) is -0.109. The maximum atomic E-state index is 12.5. The first-order valence-electron chi connectivity index (χ1n) is 8.06. The van der Waals surface area contributed by atoms with Crippen LogP contribution in [0.25, 0.3) is 0 Å². The van der Waals surface area contributed by atoms with Gasteiger partial charge in [0, 0.05) is 38.4 Å². The van der Waals surface area contributed by atoms with Gasteiger partial charge in [0.1, 0.15) is 11.4 Å². The van der Waals surface area contributed by atoms with Crippen molar-refractivity contribution in [3.8, 4) is 0 Å². The first-order valence-corrected chi connectivity index (χ1v) is 8.06. The fourth-order valence-corrected chi connectivity index (χ4v) is 2.73. The molecule has 2 aromatic rings. The second kappa shape index (κ2) is 7.84. The quantitative estimate of drug-likeness (QED) is 0.800. The number of hydrogen-bond acceptors (Lipinski definition) is 6. The number of carbonyl (C=O) groups is 2. The smallest absolute Gasteiger partial charge is 0.271 e. The molecule has 0 aliphatic carbocycles. The molecule has 9 nitrogen and oxygen atoms in total. The molecule has 3 heterocycles. The number of carbonyl (C=O) groups excluding carboxylic acids is 2. The third kappa shape index (κ3) is 4.18. The summed E-state index contributed by atoms with van der Waals surface area (Å²) in [7, 11) is 1.55. The van der Waals surface area contributed by atoms with Crippen LogP contribution in [0, 0.1) is 5.92 Å². The highest BCUT2D eigenvalue weighted by molar-refractivity contribution is 5.92. The predicted molar refractivity (Wildman–Crippen MR) is 87.9 cm³/mol. The van der Waals surface area contributed by atoms with E-state index in [1.165, 1.54) is 6.20 Å². The number of aromatic nitrogens is 4. The molecule has 0 aromatic carbocycles. The van der Waals surface area contributed by atoms with E-state index < -0.39 is 0 Å². The standard InChI is InChI=1S/C16H20N6O3/c1-17-15(23)14-8-18-12(7-19-14)6-11-9-22(4-5-25-10-11)16(24)13-2-3-20-21-13/h2-3,7-8,11H,4-6,9-10H2,1H3,(H,17,23)(H,20,21)/t11-/m1/s1. The molecule has 132 valence electrons. The molecule has 3 rings (SSSR count). The van der Waals surface area contributed by atoms with E-state index in [1.807, 2.05) is 0 Å². The Hall–Kier alpha value is -2.81. The lowest BCUT2D eigenvalue weighted by Gasteiger charge is -2.22. The zero-order valence-corrected chi connectivity index (χ0v) is 13.9. The Morgan fingerprint density at radius 2 is 2.28 bits per heavy atom. The molecule has 2 amide bonds. The molecule has 0 saturated carbocycles. The van der Waals surface area contributed by atoms with Crippen LogP contribution in [0.4, 0.5) is 0 Å². The molecule has 1 saturated heterocycles. The molecule has 2 aromatic heterocycles. The highest BCUT2D eigenvalue weighted by Crippen LogP contribution is 2.14. The number of nitrogens with one attached hydrogen (secondary N) is 2. The molecule has 0 unspecified atom stereocenters. The molecule has 1 atom stereocenters. The van der Waals surface area contributed by atoms with Gasteiger partial charge in [0.15, 0.2) is 0 Å². The van der Waals surface area contributed by atoms with Gasteiger partial charge in [-0.1, -0.05) is 0 Å². The summed E-state index contributed by atoms with van der Waals surface area (Å²) in [5, 5.41) is 9.03. The van der Waals surface area contributed by atoms with E-state index in [1.54, 1.807) is 30.4 Å². The van der Waals surface area contributed by atoms with Crippen molar-refractivity contribution < 1.29 is 14.3 Å². The molecular formula is C16H20N6O3. The zero-order chi connectivity index (χ0) is 17.6. The van der Waals surface area contributed by atoms with Crippen LogP contribution in [0.2, 0.25) is 0 Å². The van der Waals surface area contributed by atoms with E-state index in [2.05, 4.69) is 25.5 Å². The fraction of sp³-hybridized carbons (Fsp3) is 0.438. The van der Waals surface area contributed by atoms with Crippen molar-refractivity contribution in [3.05, 3.63) is 41.7 Å². The first-order chi connectivity index (χ1) is 12.2. The molecule has 25 heavy (non-hydrogen) atoms. The van der Waals surface area contributed by atoms with E-state index in [9.17, 15) is 9.59 Å². The summed E-state index contributed by atoms with van der Waals surface area (Å²) in [5.74, 6) is -0.253. The van der Waals surface area contributed by atoms with Crippen LogP contribution >= 0.6 is 0 Å². The molecule has 1 aliphatic heterocycles. The fourth-order valence-electron chi connectivity index (χ4n) is 2.73. The van der Waals surface area contributed by atoms with E-state index >= 15 is 0 Å². The van der Waals surface area contributed by atoms with Crippen LogP contribution in [0.1, 0.15) is 26.7 Å². The number of ether oxygens (including phenoxy) is 1. The Balaban J connectivity index is 1.65. The Bertz CT molecular complexity index is 716. The van der Waals surface area contributed by atoms with Crippen LogP contribution in [0.5, 0.6) is 0 Å².